The summed E-state index contributed by atoms with van der Waals surface area (Å²) >= 11 is 0. The first-order valence-corrected chi connectivity index (χ1v) is 6.24. The molecule has 19 heavy (non-hydrogen) atoms. The zero-order valence-electron chi connectivity index (χ0n) is 10.8. The van der Waals surface area contributed by atoms with Crippen molar-refractivity contribution in [1.29, 1.82) is 0 Å². The van der Waals surface area contributed by atoms with Crippen LogP contribution in [0.15, 0.2) is 24.3 Å². The number of aliphatic hydroxyl groups is 1. The van der Waals surface area contributed by atoms with E-state index in [4.69, 9.17) is 5.11 Å². The zero-order chi connectivity index (χ0) is 13.8. The Hall–Kier alpha value is -1.53. The molecule has 0 aliphatic heterocycles. The van der Waals surface area contributed by atoms with Gasteiger partial charge in [0.25, 0.3) is 0 Å². The molecule has 0 spiro atoms. The summed E-state index contributed by atoms with van der Waals surface area (Å²) < 4.78 is 27.3. The van der Waals surface area contributed by atoms with E-state index in [-0.39, 0.29) is 6.61 Å². The Labute approximate surface area is 110 Å². The standard InChI is InChI=1S/C13H17F2N3O/c1-2-17(7-8-19)9-12-16-10-5-3-4-6-11(10)18(12)13(14)15/h3-6,13,19H,2,7-9H2,1H3. The number of aliphatic hydroxyl groups excluding tert-OH is 1. The fourth-order valence-corrected chi connectivity index (χ4v) is 2.11. The number of hydrogen-bond donors (Lipinski definition) is 1. The van der Waals surface area contributed by atoms with Crippen molar-refractivity contribution in [3.8, 4) is 0 Å². The number of benzene rings is 1. The normalized spacial score (nSPS) is 11.9. The molecule has 2 aromatic rings. The number of halogens is 2. The highest BCUT2D eigenvalue weighted by atomic mass is 19.3. The quantitative estimate of drug-likeness (QED) is 0.874. The van der Waals surface area contributed by atoms with Gasteiger partial charge in [-0.2, -0.15) is 8.78 Å². The number of nitrogens with zero attached hydrogens (tertiary/aromatic N) is 3. The molecule has 0 saturated heterocycles. The molecule has 0 fully saturated rings. The van der Waals surface area contributed by atoms with E-state index >= 15 is 0 Å². The summed E-state index contributed by atoms with van der Waals surface area (Å²) in [5.74, 6) is 0.325. The minimum Gasteiger partial charge on any atom is -0.395 e. The highest BCUT2D eigenvalue weighted by molar-refractivity contribution is 5.75. The van der Waals surface area contributed by atoms with Gasteiger partial charge < -0.3 is 5.11 Å². The first-order valence-electron chi connectivity index (χ1n) is 6.24. The van der Waals surface area contributed by atoms with Crippen LogP contribution in [0.25, 0.3) is 11.0 Å². The van der Waals surface area contributed by atoms with E-state index in [0.29, 0.717) is 36.5 Å². The number of para-hydroxylation sites is 2. The Bertz CT molecular complexity index is 542. The van der Waals surface area contributed by atoms with E-state index in [0.717, 1.165) is 4.57 Å². The number of likely N-dealkylation sites (N-methyl/N-ethyl adjacent to an activating group) is 1. The molecule has 1 N–H and O–H groups in total. The van der Waals surface area contributed by atoms with Crippen LogP contribution in [0.2, 0.25) is 0 Å². The third-order valence-corrected chi connectivity index (χ3v) is 3.09. The number of imidazole rings is 1. The Morgan fingerprint density at radius 3 is 2.74 bits per heavy atom. The maximum Gasteiger partial charge on any atom is 0.320 e. The van der Waals surface area contributed by atoms with Crippen molar-refractivity contribution >= 4 is 11.0 Å². The Morgan fingerprint density at radius 1 is 1.37 bits per heavy atom. The summed E-state index contributed by atoms with van der Waals surface area (Å²) in [6.07, 6.45) is 0. The highest BCUT2D eigenvalue weighted by Gasteiger charge is 2.18. The van der Waals surface area contributed by atoms with Crippen LogP contribution >= 0.6 is 0 Å². The van der Waals surface area contributed by atoms with Gasteiger partial charge in [-0.15, -0.1) is 0 Å². The molecule has 1 aromatic carbocycles. The van der Waals surface area contributed by atoms with Crippen LogP contribution in [-0.2, 0) is 6.54 Å². The lowest BCUT2D eigenvalue weighted by Crippen LogP contribution is -2.27. The zero-order valence-corrected chi connectivity index (χ0v) is 10.8. The van der Waals surface area contributed by atoms with Crippen LogP contribution in [0.3, 0.4) is 0 Å². The second-order valence-corrected chi connectivity index (χ2v) is 4.26. The highest BCUT2D eigenvalue weighted by Crippen LogP contribution is 2.23. The molecule has 1 aromatic heterocycles. The van der Waals surface area contributed by atoms with Crippen molar-refractivity contribution in [2.75, 3.05) is 19.7 Å². The summed E-state index contributed by atoms with van der Waals surface area (Å²) in [5, 5.41) is 8.95. The van der Waals surface area contributed by atoms with Gasteiger partial charge in [0.2, 0.25) is 0 Å². The largest absolute Gasteiger partial charge is 0.395 e. The van der Waals surface area contributed by atoms with Gasteiger partial charge in [0, 0.05) is 6.54 Å². The van der Waals surface area contributed by atoms with Gasteiger partial charge in [-0.3, -0.25) is 9.47 Å². The van der Waals surface area contributed by atoms with Gasteiger partial charge in [-0.1, -0.05) is 19.1 Å². The van der Waals surface area contributed by atoms with Crippen molar-refractivity contribution in [1.82, 2.24) is 14.5 Å². The summed E-state index contributed by atoms with van der Waals surface area (Å²) in [6, 6.07) is 6.86. The number of hydrogen-bond acceptors (Lipinski definition) is 3. The van der Waals surface area contributed by atoms with E-state index < -0.39 is 6.55 Å². The summed E-state index contributed by atoms with van der Waals surface area (Å²) in [6.45, 7) is 0.732. The average molecular weight is 269 g/mol. The first-order chi connectivity index (χ1) is 9.17. The van der Waals surface area contributed by atoms with Crippen molar-refractivity contribution in [2.24, 2.45) is 0 Å². The predicted molar refractivity (Wildman–Crippen MR) is 69.0 cm³/mol. The molecule has 0 aliphatic rings. The fraction of sp³-hybridized carbons (Fsp3) is 0.462. The predicted octanol–water partition coefficient (Wildman–Crippen LogP) is 2.25. The minimum atomic E-state index is -2.62. The Kier molecular flexibility index (Phi) is 4.44. The van der Waals surface area contributed by atoms with E-state index in [9.17, 15) is 8.78 Å². The van der Waals surface area contributed by atoms with Crippen LogP contribution < -0.4 is 0 Å². The van der Waals surface area contributed by atoms with Crippen LogP contribution in [0.5, 0.6) is 0 Å². The molecule has 0 amide bonds. The smallest absolute Gasteiger partial charge is 0.320 e. The molecule has 1 heterocycles. The average Bonchev–Trinajstić information content (AvgIpc) is 2.76. The molecule has 2 rings (SSSR count). The van der Waals surface area contributed by atoms with Crippen molar-refractivity contribution in [3.63, 3.8) is 0 Å². The van der Waals surface area contributed by atoms with Gasteiger partial charge in [0.15, 0.2) is 0 Å². The molecule has 0 atom stereocenters. The van der Waals surface area contributed by atoms with Gasteiger partial charge >= 0.3 is 6.55 Å². The molecule has 104 valence electrons. The Morgan fingerprint density at radius 2 is 2.11 bits per heavy atom. The topological polar surface area (TPSA) is 41.3 Å². The third-order valence-electron chi connectivity index (χ3n) is 3.09. The lowest BCUT2D eigenvalue weighted by atomic mass is 10.3. The number of alkyl halides is 2. The second-order valence-electron chi connectivity index (χ2n) is 4.26. The van der Waals surface area contributed by atoms with Gasteiger partial charge in [0.05, 0.1) is 24.2 Å². The van der Waals surface area contributed by atoms with Crippen molar-refractivity contribution in [2.45, 2.75) is 20.0 Å². The van der Waals surface area contributed by atoms with Crippen LogP contribution in [0.4, 0.5) is 8.78 Å². The van der Waals surface area contributed by atoms with E-state index in [1.54, 1.807) is 24.3 Å². The van der Waals surface area contributed by atoms with Crippen LogP contribution in [-0.4, -0.2) is 39.3 Å². The van der Waals surface area contributed by atoms with E-state index in [1.807, 2.05) is 11.8 Å². The molecule has 0 unspecified atom stereocenters. The number of rotatable bonds is 6. The van der Waals surface area contributed by atoms with E-state index in [1.165, 1.54) is 0 Å². The van der Waals surface area contributed by atoms with Crippen molar-refractivity contribution in [3.05, 3.63) is 30.1 Å². The number of aromatic nitrogens is 2. The minimum absolute atomic E-state index is 0.00273. The molecule has 0 radical (unpaired) electrons. The maximum atomic E-state index is 13.2. The molecule has 6 heteroatoms. The molecular formula is C13H17F2N3O. The van der Waals surface area contributed by atoms with Gasteiger partial charge in [-0.25, -0.2) is 4.98 Å². The fourth-order valence-electron chi connectivity index (χ4n) is 2.11. The lowest BCUT2D eigenvalue weighted by molar-refractivity contribution is 0.0679. The van der Waals surface area contributed by atoms with Gasteiger partial charge in [-0.05, 0) is 18.7 Å². The molecule has 0 saturated carbocycles. The van der Waals surface area contributed by atoms with Crippen LogP contribution in [0, 0.1) is 0 Å². The summed E-state index contributed by atoms with van der Waals surface area (Å²) in [7, 11) is 0. The SMILES string of the molecule is CCN(CCO)Cc1nc2ccccc2n1C(F)F. The third kappa shape index (κ3) is 2.90. The van der Waals surface area contributed by atoms with Crippen molar-refractivity contribution < 1.29 is 13.9 Å². The molecule has 0 aliphatic carbocycles. The summed E-state index contributed by atoms with van der Waals surface area (Å²) in [4.78, 5) is 6.14. The molecule has 4 nitrogen and oxygen atoms in total. The van der Waals surface area contributed by atoms with Gasteiger partial charge in [0.1, 0.15) is 5.82 Å². The molecule has 0 bridgehead atoms. The monoisotopic (exact) mass is 269 g/mol. The Balaban J connectivity index is 2.38. The number of fused-ring (bicyclic) bond motifs is 1. The first kappa shape index (κ1) is 13.9. The maximum absolute atomic E-state index is 13.2. The van der Waals surface area contributed by atoms with E-state index in [2.05, 4.69) is 4.98 Å². The van der Waals surface area contributed by atoms with Crippen LogP contribution in [0.1, 0.15) is 19.3 Å². The molecular weight excluding hydrogens is 252 g/mol. The summed E-state index contributed by atoms with van der Waals surface area (Å²) in [5.41, 5.74) is 1.01. The second kappa shape index (κ2) is 6.08. The lowest BCUT2D eigenvalue weighted by Gasteiger charge is -2.19.